The monoisotopic (exact) mass is 375 g/mol. The van der Waals surface area contributed by atoms with Gasteiger partial charge in [0.15, 0.2) is 0 Å². The predicted octanol–water partition coefficient (Wildman–Crippen LogP) is 5.07. The van der Waals surface area contributed by atoms with Crippen molar-refractivity contribution in [2.45, 2.75) is 32.7 Å². The number of fused-ring (bicyclic) bond motifs is 1. The van der Waals surface area contributed by atoms with Gasteiger partial charge in [0.2, 0.25) is 5.91 Å². The van der Waals surface area contributed by atoms with Crippen LogP contribution in [-0.2, 0) is 4.79 Å². The van der Waals surface area contributed by atoms with E-state index in [1.54, 1.807) is 0 Å². The molecule has 0 atom stereocenters. The van der Waals surface area contributed by atoms with Crippen LogP contribution in [0, 0.1) is 39.0 Å². The highest BCUT2D eigenvalue weighted by Crippen LogP contribution is 2.27. The smallest absolute Gasteiger partial charge is 0.234 e. The zero-order valence-electron chi connectivity index (χ0n) is 15.9. The topological polar surface area (TPSA) is 65.8 Å². The summed E-state index contributed by atoms with van der Waals surface area (Å²) in [6.45, 7) is 8.03. The Kier molecular flexibility index (Phi) is 5.48. The number of aromatic nitrogens is 1. The van der Waals surface area contributed by atoms with E-state index >= 15 is 0 Å². The van der Waals surface area contributed by atoms with E-state index in [0.29, 0.717) is 10.6 Å². The number of nitrogens with zero attached hydrogens (tertiary/aromatic N) is 2. The standard InChI is InChI=1S/C22H21N3OS/c1-13-5-6-19(16(4)7-13)24-21(26)12-27-22-17(11-23)10-18-15(3)8-14(2)9-20(18)25-22/h5-10H,12H2,1-4H3,(H,24,26). The summed E-state index contributed by atoms with van der Waals surface area (Å²) in [7, 11) is 0. The van der Waals surface area contributed by atoms with Crippen LogP contribution in [0.4, 0.5) is 5.69 Å². The molecule has 0 unspecified atom stereocenters. The van der Waals surface area contributed by atoms with Gasteiger partial charge in [-0.15, -0.1) is 0 Å². The summed E-state index contributed by atoms with van der Waals surface area (Å²) in [6, 6.07) is 14.1. The van der Waals surface area contributed by atoms with Gasteiger partial charge in [0.05, 0.1) is 16.8 Å². The van der Waals surface area contributed by atoms with Gasteiger partial charge >= 0.3 is 0 Å². The third kappa shape index (κ3) is 4.29. The summed E-state index contributed by atoms with van der Waals surface area (Å²) < 4.78 is 0. The largest absolute Gasteiger partial charge is 0.325 e. The molecule has 4 nitrogen and oxygen atoms in total. The van der Waals surface area contributed by atoms with E-state index in [1.807, 2.05) is 58.0 Å². The summed E-state index contributed by atoms with van der Waals surface area (Å²) in [5, 5.41) is 14.0. The van der Waals surface area contributed by atoms with Crippen LogP contribution in [0.3, 0.4) is 0 Å². The third-order valence-corrected chi connectivity index (χ3v) is 5.36. The van der Waals surface area contributed by atoms with Crippen LogP contribution in [0.1, 0.15) is 27.8 Å². The van der Waals surface area contributed by atoms with Gasteiger partial charge in [-0.2, -0.15) is 5.26 Å². The Morgan fingerprint density at radius 2 is 1.81 bits per heavy atom. The molecule has 1 heterocycles. The Balaban J connectivity index is 1.79. The molecule has 0 radical (unpaired) electrons. The van der Waals surface area contributed by atoms with Crippen molar-refractivity contribution in [2.24, 2.45) is 0 Å². The van der Waals surface area contributed by atoms with Gasteiger partial charge in [-0.05, 0) is 62.6 Å². The number of thioether (sulfide) groups is 1. The normalized spacial score (nSPS) is 10.6. The first-order valence-corrected chi connectivity index (χ1v) is 9.68. The van der Waals surface area contributed by atoms with Gasteiger partial charge in [-0.3, -0.25) is 4.79 Å². The molecule has 3 rings (SSSR count). The Morgan fingerprint density at radius 3 is 2.52 bits per heavy atom. The molecule has 27 heavy (non-hydrogen) atoms. The molecule has 0 bridgehead atoms. The summed E-state index contributed by atoms with van der Waals surface area (Å²) in [4.78, 5) is 17.0. The lowest BCUT2D eigenvalue weighted by molar-refractivity contribution is -0.113. The Morgan fingerprint density at radius 1 is 1.07 bits per heavy atom. The van der Waals surface area contributed by atoms with Gasteiger partial charge in [0.1, 0.15) is 11.1 Å². The molecule has 0 aliphatic heterocycles. The molecule has 0 fully saturated rings. The van der Waals surface area contributed by atoms with Crippen LogP contribution in [0.2, 0.25) is 0 Å². The summed E-state index contributed by atoms with van der Waals surface area (Å²) in [6.07, 6.45) is 0. The average Bonchev–Trinajstić information content (AvgIpc) is 2.61. The molecule has 0 saturated carbocycles. The van der Waals surface area contributed by atoms with Crippen molar-refractivity contribution in [3.8, 4) is 6.07 Å². The van der Waals surface area contributed by atoms with Crippen LogP contribution < -0.4 is 5.32 Å². The second-order valence-corrected chi connectivity index (χ2v) is 7.72. The Labute approximate surface area is 163 Å². The van der Waals surface area contributed by atoms with Gasteiger partial charge in [0.25, 0.3) is 0 Å². The number of anilines is 1. The fraction of sp³-hybridized carbons (Fsp3) is 0.227. The number of hydrogen-bond donors (Lipinski definition) is 1. The number of aryl methyl sites for hydroxylation is 4. The SMILES string of the molecule is Cc1ccc(NC(=O)CSc2nc3cc(C)cc(C)c3cc2C#N)c(C)c1. The number of hydrogen-bond acceptors (Lipinski definition) is 4. The van der Waals surface area contributed by atoms with E-state index < -0.39 is 0 Å². The number of pyridine rings is 1. The van der Waals surface area contributed by atoms with Gasteiger partial charge in [-0.1, -0.05) is 35.5 Å². The predicted molar refractivity (Wildman–Crippen MR) is 111 cm³/mol. The Hall–Kier alpha value is -2.84. The van der Waals surface area contributed by atoms with E-state index in [4.69, 9.17) is 0 Å². The number of nitriles is 1. The highest BCUT2D eigenvalue weighted by Gasteiger charge is 2.12. The molecule has 1 aromatic heterocycles. The molecular formula is C22H21N3OS. The van der Waals surface area contributed by atoms with Crippen LogP contribution in [0.5, 0.6) is 0 Å². The second-order valence-electron chi connectivity index (χ2n) is 6.76. The van der Waals surface area contributed by atoms with Crippen molar-refractivity contribution in [3.63, 3.8) is 0 Å². The van der Waals surface area contributed by atoms with Crippen molar-refractivity contribution < 1.29 is 4.79 Å². The maximum absolute atomic E-state index is 12.4. The first kappa shape index (κ1) is 18.9. The van der Waals surface area contributed by atoms with E-state index in [2.05, 4.69) is 22.4 Å². The maximum Gasteiger partial charge on any atom is 0.234 e. The molecule has 0 spiro atoms. The fourth-order valence-electron chi connectivity index (χ4n) is 3.08. The van der Waals surface area contributed by atoms with Gasteiger partial charge in [-0.25, -0.2) is 4.98 Å². The zero-order chi connectivity index (χ0) is 19.6. The third-order valence-electron chi connectivity index (χ3n) is 4.37. The van der Waals surface area contributed by atoms with Gasteiger partial charge < -0.3 is 5.32 Å². The van der Waals surface area contributed by atoms with Gasteiger partial charge in [0, 0.05) is 11.1 Å². The fourth-order valence-corrected chi connectivity index (χ4v) is 3.84. The number of rotatable bonds is 4. The molecule has 0 aliphatic rings. The molecule has 0 saturated heterocycles. The molecule has 1 N–H and O–H groups in total. The number of carbonyl (C=O) groups excluding carboxylic acids is 1. The number of benzene rings is 2. The number of carbonyl (C=O) groups is 1. The van der Waals surface area contributed by atoms with E-state index in [9.17, 15) is 10.1 Å². The lowest BCUT2D eigenvalue weighted by atomic mass is 10.1. The van der Waals surface area contributed by atoms with Crippen LogP contribution in [-0.4, -0.2) is 16.6 Å². The quantitative estimate of drug-likeness (QED) is 0.647. The lowest BCUT2D eigenvalue weighted by Crippen LogP contribution is -2.15. The second kappa shape index (κ2) is 7.81. The zero-order valence-corrected chi connectivity index (χ0v) is 16.7. The average molecular weight is 375 g/mol. The molecule has 0 aliphatic carbocycles. The van der Waals surface area contributed by atoms with E-state index in [-0.39, 0.29) is 11.7 Å². The molecule has 2 aromatic carbocycles. The van der Waals surface area contributed by atoms with Crippen LogP contribution in [0.15, 0.2) is 41.4 Å². The highest BCUT2D eigenvalue weighted by molar-refractivity contribution is 8.00. The van der Waals surface area contributed by atoms with Crippen LogP contribution >= 0.6 is 11.8 Å². The van der Waals surface area contributed by atoms with Crippen molar-refractivity contribution in [2.75, 3.05) is 11.1 Å². The summed E-state index contributed by atoms with van der Waals surface area (Å²) >= 11 is 1.29. The minimum Gasteiger partial charge on any atom is -0.325 e. The summed E-state index contributed by atoms with van der Waals surface area (Å²) in [5.41, 5.74) is 6.57. The van der Waals surface area contributed by atoms with Crippen LogP contribution in [0.25, 0.3) is 10.9 Å². The van der Waals surface area contributed by atoms with Crippen molar-refractivity contribution in [1.82, 2.24) is 4.98 Å². The first-order chi connectivity index (χ1) is 12.9. The van der Waals surface area contributed by atoms with Crippen molar-refractivity contribution in [3.05, 3.63) is 64.2 Å². The number of amides is 1. The minimum absolute atomic E-state index is 0.113. The molecule has 1 amide bonds. The lowest BCUT2D eigenvalue weighted by Gasteiger charge is -2.10. The highest BCUT2D eigenvalue weighted by atomic mass is 32.2. The first-order valence-electron chi connectivity index (χ1n) is 8.69. The minimum atomic E-state index is -0.113. The van der Waals surface area contributed by atoms with E-state index in [1.165, 1.54) is 11.8 Å². The summed E-state index contributed by atoms with van der Waals surface area (Å²) in [5.74, 6) is 0.0869. The Bertz CT molecular complexity index is 1080. The molecule has 3 aromatic rings. The number of nitrogens with one attached hydrogen (secondary N) is 1. The van der Waals surface area contributed by atoms with E-state index in [0.717, 1.165) is 38.8 Å². The molecular weight excluding hydrogens is 354 g/mol. The molecule has 5 heteroatoms. The van der Waals surface area contributed by atoms with Crippen molar-refractivity contribution in [1.29, 1.82) is 5.26 Å². The van der Waals surface area contributed by atoms with Crippen molar-refractivity contribution >= 4 is 34.3 Å². The molecule has 136 valence electrons. The maximum atomic E-state index is 12.4.